The van der Waals surface area contributed by atoms with Gasteiger partial charge >= 0.3 is 6.09 Å². The minimum Gasteiger partial charge on any atom is -0.409 e. The van der Waals surface area contributed by atoms with Crippen molar-refractivity contribution in [3.05, 3.63) is 84.9 Å². The van der Waals surface area contributed by atoms with E-state index < -0.39 is 6.09 Å². The number of benzene rings is 3. The maximum absolute atomic E-state index is 11.5. The number of aliphatic imine (C=N–C) groups is 1. The Bertz CT molecular complexity index is 1070. The quantitative estimate of drug-likeness (QED) is 0.441. The third kappa shape index (κ3) is 4.14. The molecule has 0 fully saturated rings. The number of hydrogen-bond donors (Lipinski definition) is 1. The molecule has 142 valence electrons. The predicted octanol–water partition coefficient (Wildman–Crippen LogP) is 6.00. The topological polar surface area (TPSA) is 67.3 Å². The number of hydrogen-bond acceptors (Lipinski definition) is 3. The van der Waals surface area contributed by atoms with E-state index in [1.54, 1.807) is 19.1 Å². The molecule has 1 amide bonds. The van der Waals surface area contributed by atoms with Gasteiger partial charge in [0.1, 0.15) is 11.6 Å². The maximum atomic E-state index is 11.5. The van der Waals surface area contributed by atoms with E-state index in [0.717, 1.165) is 33.9 Å². The van der Waals surface area contributed by atoms with E-state index in [1.165, 1.54) is 6.21 Å². The minimum atomic E-state index is -0.643. The normalized spacial score (nSPS) is 10.9. The lowest BCUT2D eigenvalue weighted by molar-refractivity contribution is 0.211. The van der Waals surface area contributed by atoms with Gasteiger partial charge in [0, 0.05) is 22.9 Å². The predicted molar refractivity (Wildman–Crippen MR) is 115 cm³/mol. The lowest BCUT2D eigenvalue weighted by Crippen LogP contribution is -2.01. The van der Waals surface area contributed by atoms with Crippen molar-refractivity contribution in [2.45, 2.75) is 6.92 Å². The first-order chi connectivity index (χ1) is 14.2. The van der Waals surface area contributed by atoms with E-state index >= 15 is 0 Å². The molecule has 3 aromatic carbocycles. The molecule has 4 rings (SSSR count). The van der Waals surface area contributed by atoms with E-state index in [-0.39, 0.29) is 0 Å². The first kappa shape index (κ1) is 18.4. The van der Waals surface area contributed by atoms with E-state index in [2.05, 4.69) is 22.1 Å². The maximum Gasteiger partial charge on any atom is 0.438 e. The van der Waals surface area contributed by atoms with Crippen molar-refractivity contribution in [2.75, 3.05) is 0 Å². The molecule has 0 aliphatic heterocycles. The second-order valence-electron chi connectivity index (χ2n) is 6.32. The van der Waals surface area contributed by atoms with Crippen LogP contribution in [-0.4, -0.2) is 22.3 Å². The summed E-state index contributed by atoms with van der Waals surface area (Å²) in [6.07, 6.45) is 0.756. The summed E-state index contributed by atoms with van der Waals surface area (Å²) in [4.78, 5) is 23.4. The molecule has 5 heteroatoms. The Hall–Kier alpha value is -3.99. The van der Waals surface area contributed by atoms with Gasteiger partial charge in [0.2, 0.25) is 0 Å². The molecule has 1 heterocycles. The van der Waals surface area contributed by atoms with Gasteiger partial charge in [0.05, 0.1) is 11.4 Å². The number of aromatic nitrogens is 2. The Morgan fingerprint density at radius 3 is 2.10 bits per heavy atom. The summed E-state index contributed by atoms with van der Waals surface area (Å²) in [6, 6.07) is 27.4. The number of aromatic amines is 1. The van der Waals surface area contributed by atoms with E-state index in [0.29, 0.717) is 5.75 Å². The molecule has 0 saturated heterocycles. The zero-order chi connectivity index (χ0) is 20.1. The summed E-state index contributed by atoms with van der Waals surface area (Å²) in [5.41, 5.74) is 4.84. The van der Waals surface area contributed by atoms with Crippen molar-refractivity contribution in [2.24, 2.45) is 4.99 Å². The standard InChI is InChI=1S/C24H19N3O2/c1-2-25-24(28)29-20-15-13-19(14-16-20)23-26-21(17-9-5-3-6-10-17)22(27-23)18-11-7-4-8-12-18/h2-16H,1H3,(H,26,27). The summed E-state index contributed by atoms with van der Waals surface area (Å²) < 4.78 is 5.15. The van der Waals surface area contributed by atoms with Crippen LogP contribution in [0, 0.1) is 0 Å². The van der Waals surface area contributed by atoms with E-state index in [1.807, 2.05) is 60.7 Å². The summed E-state index contributed by atoms with van der Waals surface area (Å²) in [5, 5.41) is 0. The van der Waals surface area contributed by atoms with Gasteiger partial charge in [-0.2, -0.15) is 4.99 Å². The Kier molecular flexibility index (Phi) is 5.29. The van der Waals surface area contributed by atoms with Crippen LogP contribution in [0.2, 0.25) is 0 Å². The molecule has 0 radical (unpaired) electrons. The minimum absolute atomic E-state index is 0.433. The van der Waals surface area contributed by atoms with E-state index in [9.17, 15) is 4.79 Å². The van der Waals surface area contributed by atoms with Gasteiger partial charge in [0.15, 0.2) is 0 Å². The smallest absolute Gasteiger partial charge is 0.409 e. The van der Waals surface area contributed by atoms with Crippen LogP contribution in [0.15, 0.2) is 89.9 Å². The van der Waals surface area contributed by atoms with Crippen molar-refractivity contribution in [3.8, 4) is 39.7 Å². The fourth-order valence-electron chi connectivity index (χ4n) is 3.04. The molecule has 0 spiro atoms. The van der Waals surface area contributed by atoms with Gasteiger partial charge < -0.3 is 9.72 Å². The molecule has 1 N–H and O–H groups in total. The Balaban J connectivity index is 1.72. The van der Waals surface area contributed by atoms with Gasteiger partial charge in [-0.25, -0.2) is 9.78 Å². The van der Waals surface area contributed by atoms with Gasteiger partial charge in [-0.3, -0.25) is 0 Å². The zero-order valence-corrected chi connectivity index (χ0v) is 15.9. The monoisotopic (exact) mass is 381 g/mol. The number of carbonyl (C=O) groups is 1. The highest BCUT2D eigenvalue weighted by atomic mass is 16.5. The van der Waals surface area contributed by atoms with Crippen molar-refractivity contribution in [3.63, 3.8) is 0 Å². The highest BCUT2D eigenvalue weighted by Gasteiger charge is 2.15. The summed E-state index contributed by atoms with van der Waals surface area (Å²) in [5.74, 6) is 1.18. The molecule has 0 atom stereocenters. The summed E-state index contributed by atoms with van der Waals surface area (Å²) >= 11 is 0. The van der Waals surface area contributed by atoms with Crippen LogP contribution in [0.25, 0.3) is 33.9 Å². The fourth-order valence-corrected chi connectivity index (χ4v) is 3.04. The average molecular weight is 381 g/mol. The Morgan fingerprint density at radius 2 is 1.48 bits per heavy atom. The molecule has 1 aromatic heterocycles. The molecule has 0 bridgehead atoms. The molecule has 0 unspecified atom stereocenters. The van der Waals surface area contributed by atoms with Crippen LogP contribution in [-0.2, 0) is 0 Å². The number of nitrogens with one attached hydrogen (secondary N) is 1. The number of ether oxygens (including phenoxy) is 1. The summed E-state index contributed by atoms with van der Waals surface area (Å²) in [7, 11) is 0. The van der Waals surface area contributed by atoms with Crippen LogP contribution < -0.4 is 4.74 Å². The van der Waals surface area contributed by atoms with E-state index in [4.69, 9.17) is 9.72 Å². The number of nitrogens with zero attached hydrogens (tertiary/aromatic N) is 2. The largest absolute Gasteiger partial charge is 0.438 e. The second-order valence-corrected chi connectivity index (χ2v) is 6.32. The molecule has 0 saturated carbocycles. The molecular weight excluding hydrogens is 362 g/mol. The SMILES string of the molecule is CC=NC(=O)Oc1ccc(-c2nc(-c3ccccc3)c(-c3ccccc3)[nH]2)cc1. The number of imidazole rings is 1. The highest BCUT2D eigenvalue weighted by Crippen LogP contribution is 2.33. The van der Waals surface area contributed by atoms with Gasteiger partial charge in [0.25, 0.3) is 0 Å². The molecule has 5 nitrogen and oxygen atoms in total. The Morgan fingerprint density at radius 1 is 0.862 bits per heavy atom. The fraction of sp³-hybridized carbons (Fsp3) is 0.0417. The first-order valence-corrected chi connectivity index (χ1v) is 9.26. The third-order valence-corrected chi connectivity index (χ3v) is 4.38. The zero-order valence-electron chi connectivity index (χ0n) is 15.9. The van der Waals surface area contributed by atoms with Crippen molar-refractivity contribution >= 4 is 12.3 Å². The van der Waals surface area contributed by atoms with Gasteiger partial charge in [-0.05, 0) is 31.2 Å². The molecule has 4 aromatic rings. The lowest BCUT2D eigenvalue weighted by Gasteiger charge is -2.02. The van der Waals surface area contributed by atoms with Crippen LogP contribution in [0.3, 0.4) is 0 Å². The van der Waals surface area contributed by atoms with Crippen molar-refractivity contribution in [1.29, 1.82) is 0 Å². The van der Waals surface area contributed by atoms with Crippen LogP contribution in [0.5, 0.6) is 5.75 Å². The van der Waals surface area contributed by atoms with Crippen molar-refractivity contribution < 1.29 is 9.53 Å². The van der Waals surface area contributed by atoms with Crippen LogP contribution in [0.1, 0.15) is 6.92 Å². The highest BCUT2D eigenvalue weighted by molar-refractivity contribution is 5.82. The second kappa shape index (κ2) is 8.35. The van der Waals surface area contributed by atoms with Gasteiger partial charge in [-0.1, -0.05) is 60.7 Å². The average Bonchev–Trinajstić information content (AvgIpc) is 3.21. The number of carbonyl (C=O) groups excluding carboxylic acids is 1. The number of H-pyrrole nitrogens is 1. The van der Waals surface area contributed by atoms with Gasteiger partial charge in [-0.15, -0.1) is 0 Å². The Labute approximate surface area is 168 Å². The molecular formula is C24H19N3O2. The molecule has 29 heavy (non-hydrogen) atoms. The third-order valence-electron chi connectivity index (χ3n) is 4.38. The first-order valence-electron chi connectivity index (χ1n) is 9.26. The van der Waals surface area contributed by atoms with Crippen LogP contribution >= 0.6 is 0 Å². The number of amides is 1. The summed E-state index contributed by atoms with van der Waals surface area (Å²) in [6.45, 7) is 1.66. The molecule has 0 aliphatic carbocycles. The lowest BCUT2D eigenvalue weighted by atomic mass is 10.1. The van der Waals surface area contributed by atoms with Crippen LogP contribution in [0.4, 0.5) is 4.79 Å². The van der Waals surface area contributed by atoms with Crippen molar-refractivity contribution in [1.82, 2.24) is 9.97 Å². The number of rotatable bonds is 4. The molecule has 0 aliphatic rings.